The van der Waals surface area contributed by atoms with E-state index >= 15 is 0 Å². The van der Waals surface area contributed by atoms with Gasteiger partial charge >= 0.3 is 6.43 Å². The molecule has 1 aromatic heterocycles. The number of rotatable bonds is 5. The maximum atomic E-state index is 13.1. The Hall–Kier alpha value is -2.35. The molecule has 1 atom stereocenters. The zero-order valence-corrected chi connectivity index (χ0v) is 12.4. The molecule has 9 heteroatoms. The summed E-state index contributed by atoms with van der Waals surface area (Å²) in [6, 6.07) is 5.13. The van der Waals surface area contributed by atoms with Gasteiger partial charge < -0.3 is 4.74 Å². The first-order chi connectivity index (χ1) is 10.8. The van der Waals surface area contributed by atoms with Crippen LogP contribution >= 0.6 is 11.6 Å². The lowest BCUT2D eigenvalue weighted by Crippen LogP contribution is -2.22. The van der Waals surface area contributed by atoms with E-state index in [1.54, 1.807) is 0 Å². The minimum absolute atomic E-state index is 0.121. The van der Waals surface area contributed by atoms with Crippen molar-refractivity contribution in [3.8, 4) is 17.0 Å². The molecule has 0 amide bonds. The van der Waals surface area contributed by atoms with E-state index in [1.807, 2.05) is 5.10 Å². The van der Waals surface area contributed by atoms with Crippen LogP contribution in [0.2, 0.25) is 5.02 Å². The summed E-state index contributed by atoms with van der Waals surface area (Å²) in [4.78, 5) is 23.2. The van der Waals surface area contributed by atoms with Gasteiger partial charge in [0.05, 0.1) is 5.56 Å². The number of nitrogens with one attached hydrogen (secondary N) is 1. The number of ether oxygens (including phenoxy) is 1. The Balaban J connectivity index is 2.63. The second-order valence-electron chi connectivity index (χ2n) is 4.50. The van der Waals surface area contributed by atoms with Crippen molar-refractivity contribution >= 4 is 17.4 Å². The molecule has 0 aliphatic rings. The van der Waals surface area contributed by atoms with Crippen LogP contribution in [0.3, 0.4) is 0 Å². The third-order valence-corrected chi connectivity index (χ3v) is 3.08. The molecule has 2 aromatic rings. The molecule has 2 rings (SSSR count). The molecular weight excluding hydrogens is 337 g/mol. The van der Waals surface area contributed by atoms with Gasteiger partial charge in [0.15, 0.2) is 5.78 Å². The van der Waals surface area contributed by atoms with Gasteiger partial charge in [-0.15, -0.1) is 5.10 Å². The average Bonchev–Trinajstić information content (AvgIpc) is 2.48. The van der Waals surface area contributed by atoms with Gasteiger partial charge in [-0.1, -0.05) is 11.6 Å². The maximum absolute atomic E-state index is 13.1. The highest BCUT2D eigenvalue weighted by Gasteiger charge is 2.24. The highest BCUT2D eigenvalue weighted by molar-refractivity contribution is 6.31. The Bertz CT molecular complexity index is 795. The molecule has 1 heterocycles. The average molecular weight is 347 g/mol. The quantitative estimate of drug-likeness (QED) is 0.844. The fraction of sp³-hybridized carbons (Fsp3) is 0.214. The molecule has 5 nitrogen and oxygen atoms in total. The predicted molar refractivity (Wildman–Crippen MR) is 76.8 cm³/mol. The van der Waals surface area contributed by atoms with Crippen LogP contribution in [0.4, 0.5) is 13.2 Å². The third kappa shape index (κ3) is 3.89. The van der Waals surface area contributed by atoms with Gasteiger partial charge in [-0.05, 0) is 30.7 Å². The minimum Gasteiger partial charge on any atom is -0.435 e. The summed E-state index contributed by atoms with van der Waals surface area (Å²) in [6.07, 6.45) is -6.34. The molecule has 0 saturated heterocycles. The summed E-state index contributed by atoms with van der Waals surface area (Å²) in [5, 5.41) is 5.60. The number of halogens is 4. The zero-order valence-electron chi connectivity index (χ0n) is 11.6. The molecule has 1 N–H and O–H groups in total. The molecule has 0 aliphatic heterocycles. The lowest BCUT2D eigenvalue weighted by molar-refractivity contribution is -0.0691. The van der Waals surface area contributed by atoms with Crippen molar-refractivity contribution in [1.82, 2.24) is 10.2 Å². The van der Waals surface area contributed by atoms with E-state index in [1.165, 1.54) is 25.1 Å². The number of hydrogen-bond acceptors (Lipinski definition) is 4. The standard InChI is InChI=1S/C14H10ClF3N2O3/c1-6(21)8-3-2-7(15)4-9(8)10-5-11(22)19-20-14(10)23-13(18)12(16)17/h2-5,12-13H,1H3,(H,19,22). The predicted octanol–water partition coefficient (Wildman–Crippen LogP) is 3.23. The number of alkyl halides is 3. The van der Waals surface area contributed by atoms with Crippen molar-refractivity contribution in [3.63, 3.8) is 0 Å². The molecule has 1 unspecified atom stereocenters. The first kappa shape index (κ1) is 17.0. The Labute approximate surface area is 133 Å². The summed E-state index contributed by atoms with van der Waals surface area (Å²) in [7, 11) is 0. The fourth-order valence-electron chi connectivity index (χ4n) is 1.88. The fourth-order valence-corrected chi connectivity index (χ4v) is 2.05. The third-order valence-electron chi connectivity index (χ3n) is 2.85. The van der Waals surface area contributed by atoms with E-state index in [2.05, 4.69) is 9.84 Å². The normalized spacial score (nSPS) is 12.3. The molecule has 23 heavy (non-hydrogen) atoms. The Morgan fingerprint density at radius 3 is 2.57 bits per heavy atom. The number of ketones is 1. The summed E-state index contributed by atoms with van der Waals surface area (Å²) in [5.74, 6) is -0.948. The summed E-state index contributed by atoms with van der Waals surface area (Å²) >= 11 is 5.87. The molecular formula is C14H10ClF3N2O3. The van der Waals surface area contributed by atoms with Gasteiger partial charge in [-0.3, -0.25) is 9.59 Å². The Morgan fingerprint density at radius 1 is 1.26 bits per heavy atom. The Kier molecular flexibility index (Phi) is 5.05. The van der Waals surface area contributed by atoms with Crippen molar-refractivity contribution in [2.24, 2.45) is 0 Å². The number of nitrogens with zero attached hydrogens (tertiary/aromatic N) is 1. The number of hydrogen-bond donors (Lipinski definition) is 1. The van der Waals surface area contributed by atoms with Crippen molar-refractivity contribution in [2.45, 2.75) is 19.7 Å². The van der Waals surface area contributed by atoms with Gasteiger partial charge in [0.1, 0.15) is 0 Å². The van der Waals surface area contributed by atoms with E-state index < -0.39 is 24.2 Å². The van der Waals surface area contributed by atoms with Gasteiger partial charge in [0.25, 0.3) is 11.9 Å². The molecule has 0 aliphatic carbocycles. The van der Waals surface area contributed by atoms with Gasteiger partial charge in [-0.25, -0.2) is 13.9 Å². The highest BCUT2D eigenvalue weighted by Crippen LogP contribution is 2.33. The lowest BCUT2D eigenvalue weighted by atomic mass is 9.98. The summed E-state index contributed by atoms with van der Waals surface area (Å²) in [6.45, 7) is 1.27. The van der Waals surface area contributed by atoms with E-state index in [-0.39, 0.29) is 27.5 Å². The number of carbonyl (C=O) groups is 1. The summed E-state index contributed by atoms with van der Waals surface area (Å²) in [5.41, 5.74) is -0.529. The maximum Gasteiger partial charge on any atom is 0.304 e. The molecule has 0 spiro atoms. The van der Waals surface area contributed by atoms with Crippen LogP contribution in [0.15, 0.2) is 29.1 Å². The van der Waals surface area contributed by atoms with E-state index in [0.29, 0.717) is 0 Å². The van der Waals surface area contributed by atoms with Crippen molar-refractivity contribution in [1.29, 1.82) is 0 Å². The molecule has 0 bridgehead atoms. The SMILES string of the molecule is CC(=O)c1ccc(Cl)cc1-c1cc(=O)[nH]nc1OC(F)C(F)F. The van der Waals surface area contributed by atoms with Crippen LogP contribution in [0.25, 0.3) is 11.1 Å². The van der Waals surface area contributed by atoms with Crippen LogP contribution in [0, 0.1) is 0 Å². The minimum atomic E-state index is -3.40. The zero-order chi connectivity index (χ0) is 17.1. The molecule has 0 radical (unpaired) electrons. The van der Waals surface area contributed by atoms with E-state index in [0.717, 1.165) is 6.07 Å². The smallest absolute Gasteiger partial charge is 0.304 e. The largest absolute Gasteiger partial charge is 0.435 e. The van der Waals surface area contributed by atoms with Gasteiger partial charge in [-0.2, -0.15) is 4.39 Å². The molecule has 0 fully saturated rings. The van der Waals surface area contributed by atoms with Gasteiger partial charge in [0.2, 0.25) is 5.88 Å². The van der Waals surface area contributed by atoms with Crippen LogP contribution in [0.5, 0.6) is 5.88 Å². The number of aromatic nitrogens is 2. The second kappa shape index (κ2) is 6.82. The number of aromatic amines is 1. The van der Waals surface area contributed by atoms with Crippen LogP contribution in [0.1, 0.15) is 17.3 Å². The number of benzene rings is 1. The second-order valence-corrected chi connectivity index (χ2v) is 4.94. The van der Waals surface area contributed by atoms with Crippen LogP contribution < -0.4 is 10.3 Å². The lowest BCUT2D eigenvalue weighted by Gasteiger charge is -2.14. The Morgan fingerprint density at radius 2 is 1.96 bits per heavy atom. The highest BCUT2D eigenvalue weighted by atomic mass is 35.5. The number of H-pyrrole nitrogens is 1. The van der Waals surface area contributed by atoms with E-state index in [4.69, 9.17) is 11.6 Å². The van der Waals surface area contributed by atoms with Crippen molar-refractivity contribution in [3.05, 3.63) is 45.2 Å². The number of carbonyl (C=O) groups excluding carboxylic acids is 1. The van der Waals surface area contributed by atoms with Crippen molar-refractivity contribution in [2.75, 3.05) is 0 Å². The first-order valence-electron chi connectivity index (χ1n) is 6.29. The topological polar surface area (TPSA) is 72.0 Å². The van der Waals surface area contributed by atoms with Crippen molar-refractivity contribution < 1.29 is 22.7 Å². The number of Topliss-reactive ketones (excluding diaryl/α,β-unsaturated/α-hetero) is 1. The molecule has 1 aromatic carbocycles. The monoisotopic (exact) mass is 346 g/mol. The van der Waals surface area contributed by atoms with Crippen LogP contribution in [-0.2, 0) is 0 Å². The first-order valence-corrected chi connectivity index (χ1v) is 6.67. The van der Waals surface area contributed by atoms with Gasteiger partial charge in [0, 0.05) is 16.7 Å². The molecule has 122 valence electrons. The van der Waals surface area contributed by atoms with E-state index in [9.17, 15) is 22.8 Å². The molecule has 0 saturated carbocycles. The summed E-state index contributed by atoms with van der Waals surface area (Å²) < 4.78 is 42.2. The van der Waals surface area contributed by atoms with Crippen LogP contribution in [-0.4, -0.2) is 28.8 Å².